The standard InChI is InChI=1S/C7H11NO3/c1-8-4-2-3-5(6(8)9)7(10)11/h5H,2-4H2,1H3,(H,10,11). The van der Waals surface area contributed by atoms with Crippen LogP contribution in [-0.2, 0) is 9.59 Å². The van der Waals surface area contributed by atoms with Crippen molar-refractivity contribution in [3.05, 3.63) is 0 Å². The van der Waals surface area contributed by atoms with E-state index in [9.17, 15) is 9.59 Å². The van der Waals surface area contributed by atoms with Crippen LogP contribution in [0.2, 0.25) is 0 Å². The predicted molar refractivity (Wildman–Crippen MR) is 38.0 cm³/mol. The van der Waals surface area contributed by atoms with Crippen molar-refractivity contribution < 1.29 is 14.7 Å². The molecule has 1 fully saturated rings. The van der Waals surface area contributed by atoms with Gasteiger partial charge in [0, 0.05) is 13.6 Å². The van der Waals surface area contributed by atoms with Gasteiger partial charge in [-0.1, -0.05) is 0 Å². The van der Waals surface area contributed by atoms with Crippen molar-refractivity contribution in [3.63, 3.8) is 0 Å². The molecule has 0 bridgehead atoms. The van der Waals surface area contributed by atoms with Crippen molar-refractivity contribution in [1.82, 2.24) is 4.90 Å². The van der Waals surface area contributed by atoms with Crippen LogP contribution >= 0.6 is 0 Å². The lowest BCUT2D eigenvalue weighted by molar-refractivity contribution is -0.152. The van der Waals surface area contributed by atoms with Gasteiger partial charge in [-0.25, -0.2) is 0 Å². The van der Waals surface area contributed by atoms with Gasteiger partial charge in [0.1, 0.15) is 5.92 Å². The molecule has 62 valence electrons. The number of carbonyl (C=O) groups is 2. The number of carbonyl (C=O) groups excluding carboxylic acids is 1. The number of carboxylic acid groups (broad SMARTS) is 1. The maximum absolute atomic E-state index is 11.1. The van der Waals surface area contributed by atoms with Gasteiger partial charge in [-0.05, 0) is 12.8 Å². The molecular weight excluding hydrogens is 146 g/mol. The molecule has 1 unspecified atom stereocenters. The molecule has 11 heavy (non-hydrogen) atoms. The molecule has 0 aromatic carbocycles. The Bertz CT molecular complexity index is 190. The monoisotopic (exact) mass is 157 g/mol. The number of carboxylic acids is 1. The van der Waals surface area contributed by atoms with Crippen molar-refractivity contribution in [2.24, 2.45) is 5.92 Å². The molecule has 1 rings (SSSR count). The van der Waals surface area contributed by atoms with Gasteiger partial charge in [-0.15, -0.1) is 0 Å². The second-order valence-electron chi connectivity index (χ2n) is 2.79. The van der Waals surface area contributed by atoms with Crippen LogP contribution in [0, 0.1) is 5.92 Å². The molecular formula is C7H11NO3. The van der Waals surface area contributed by atoms with Crippen LogP contribution in [0.5, 0.6) is 0 Å². The van der Waals surface area contributed by atoms with E-state index >= 15 is 0 Å². The van der Waals surface area contributed by atoms with Crippen molar-refractivity contribution in [3.8, 4) is 0 Å². The summed E-state index contributed by atoms with van der Waals surface area (Å²) in [4.78, 5) is 23.0. The summed E-state index contributed by atoms with van der Waals surface area (Å²) in [5.74, 6) is -2.06. The highest BCUT2D eigenvalue weighted by Crippen LogP contribution is 2.16. The maximum Gasteiger partial charge on any atom is 0.316 e. The Morgan fingerprint density at radius 3 is 2.82 bits per heavy atom. The molecule has 1 aliphatic heterocycles. The van der Waals surface area contributed by atoms with Gasteiger partial charge in [-0.3, -0.25) is 9.59 Å². The number of nitrogens with zero attached hydrogens (tertiary/aromatic N) is 1. The predicted octanol–water partition coefficient (Wildman–Crippen LogP) is -0.0606. The molecule has 1 N–H and O–H groups in total. The molecule has 0 saturated carbocycles. The molecule has 4 nitrogen and oxygen atoms in total. The van der Waals surface area contributed by atoms with Crippen LogP contribution < -0.4 is 0 Å². The van der Waals surface area contributed by atoms with E-state index in [2.05, 4.69) is 0 Å². The number of hydrogen-bond acceptors (Lipinski definition) is 2. The summed E-state index contributed by atoms with van der Waals surface area (Å²) in [6.07, 6.45) is 1.28. The lowest BCUT2D eigenvalue weighted by atomic mass is 9.98. The smallest absolute Gasteiger partial charge is 0.316 e. The number of rotatable bonds is 1. The maximum atomic E-state index is 11.1. The highest BCUT2D eigenvalue weighted by Gasteiger charge is 2.31. The first kappa shape index (κ1) is 8.04. The second kappa shape index (κ2) is 2.90. The van der Waals surface area contributed by atoms with Gasteiger partial charge >= 0.3 is 5.97 Å². The molecule has 4 heteroatoms. The van der Waals surface area contributed by atoms with Gasteiger partial charge in [0.2, 0.25) is 5.91 Å². The quantitative estimate of drug-likeness (QED) is 0.542. The Morgan fingerprint density at radius 2 is 2.36 bits per heavy atom. The summed E-state index contributed by atoms with van der Waals surface area (Å²) in [5.41, 5.74) is 0. The highest BCUT2D eigenvalue weighted by molar-refractivity contribution is 5.97. The van der Waals surface area contributed by atoms with Crippen LogP contribution in [0.1, 0.15) is 12.8 Å². The van der Waals surface area contributed by atoms with E-state index in [0.29, 0.717) is 13.0 Å². The highest BCUT2D eigenvalue weighted by atomic mass is 16.4. The van der Waals surface area contributed by atoms with Crippen LogP contribution in [-0.4, -0.2) is 35.5 Å². The summed E-state index contributed by atoms with van der Waals surface area (Å²) in [7, 11) is 1.64. The molecule has 1 atom stereocenters. The van der Waals surface area contributed by atoms with E-state index in [1.807, 2.05) is 0 Å². The minimum atomic E-state index is -0.999. The molecule has 1 saturated heterocycles. The number of hydrogen-bond donors (Lipinski definition) is 1. The largest absolute Gasteiger partial charge is 0.481 e. The minimum absolute atomic E-state index is 0.260. The fraction of sp³-hybridized carbons (Fsp3) is 0.714. The van der Waals surface area contributed by atoms with E-state index < -0.39 is 11.9 Å². The van der Waals surface area contributed by atoms with Gasteiger partial charge in [0.05, 0.1) is 0 Å². The van der Waals surface area contributed by atoms with Crippen molar-refractivity contribution in [2.45, 2.75) is 12.8 Å². The second-order valence-corrected chi connectivity index (χ2v) is 2.79. The fourth-order valence-corrected chi connectivity index (χ4v) is 1.26. The van der Waals surface area contributed by atoms with E-state index in [-0.39, 0.29) is 5.91 Å². The van der Waals surface area contributed by atoms with Crippen LogP contribution in [0.4, 0.5) is 0 Å². The summed E-state index contributed by atoms with van der Waals surface area (Å²) < 4.78 is 0. The zero-order chi connectivity index (χ0) is 8.43. The minimum Gasteiger partial charge on any atom is -0.481 e. The first-order chi connectivity index (χ1) is 5.13. The van der Waals surface area contributed by atoms with Crippen molar-refractivity contribution >= 4 is 11.9 Å². The number of aliphatic carboxylic acids is 1. The Kier molecular flexibility index (Phi) is 2.12. The van der Waals surface area contributed by atoms with Crippen LogP contribution in [0.15, 0.2) is 0 Å². The lowest BCUT2D eigenvalue weighted by Crippen LogP contribution is -2.41. The fourth-order valence-electron chi connectivity index (χ4n) is 1.26. The first-order valence-electron chi connectivity index (χ1n) is 3.60. The summed E-state index contributed by atoms with van der Waals surface area (Å²) in [6.45, 7) is 0.683. The molecule has 1 aliphatic rings. The molecule has 0 radical (unpaired) electrons. The number of likely N-dealkylation sites (tertiary alicyclic amines) is 1. The van der Waals surface area contributed by atoms with E-state index in [1.165, 1.54) is 4.90 Å². The number of piperidine rings is 1. The third kappa shape index (κ3) is 1.50. The van der Waals surface area contributed by atoms with Gasteiger partial charge < -0.3 is 10.0 Å². The third-order valence-corrected chi connectivity index (χ3v) is 1.96. The SMILES string of the molecule is CN1CCCC(C(=O)O)C1=O. The van der Waals surface area contributed by atoms with Crippen LogP contribution in [0.3, 0.4) is 0 Å². The van der Waals surface area contributed by atoms with Gasteiger partial charge in [0.25, 0.3) is 0 Å². The summed E-state index contributed by atoms with van der Waals surface area (Å²) in [6, 6.07) is 0. The number of amides is 1. The molecule has 0 aliphatic carbocycles. The molecule has 1 heterocycles. The average molecular weight is 157 g/mol. The normalized spacial score (nSPS) is 25.4. The van der Waals surface area contributed by atoms with Crippen LogP contribution in [0.25, 0.3) is 0 Å². The first-order valence-corrected chi connectivity index (χ1v) is 3.60. The van der Waals surface area contributed by atoms with E-state index in [0.717, 1.165) is 6.42 Å². The van der Waals surface area contributed by atoms with E-state index in [4.69, 9.17) is 5.11 Å². The van der Waals surface area contributed by atoms with Crippen molar-refractivity contribution in [1.29, 1.82) is 0 Å². The zero-order valence-corrected chi connectivity index (χ0v) is 6.41. The Hall–Kier alpha value is -1.06. The lowest BCUT2D eigenvalue weighted by Gasteiger charge is -2.26. The average Bonchev–Trinajstić information content (AvgIpc) is 1.94. The molecule has 0 spiro atoms. The van der Waals surface area contributed by atoms with Gasteiger partial charge in [0.15, 0.2) is 0 Å². The molecule has 0 aromatic rings. The third-order valence-electron chi connectivity index (χ3n) is 1.96. The Balaban J connectivity index is 2.66. The van der Waals surface area contributed by atoms with Crippen molar-refractivity contribution in [2.75, 3.05) is 13.6 Å². The summed E-state index contributed by atoms with van der Waals surface area (Å²) >= 11 is 0. The topological polar surface area (TPSA) is 57.6 Å². The molecule has 1 amide bonds. The van der Waals surface area contributed by atoms with E-state index in [1.54, 1.807) is 7.05 Å². The Labute approximate surface area is 64.8 Å². The summed E-state index contributed by atoms with van der Waals surface area (Å²) in [5, 5.41) is 8.58. The zero-order valence-electron chi connectivity index (χ0n) is 6.41. The molecule has 0 aromatic heterocycles. The Morgan fingerprint density at radius 1 is 1.73 bits per heavy atom. The van der Waals surface area contributed by atoms with Gasteiger partial charge in [-0.2, -0.15) is 0 Å².